The molecule has 8 heteroatoms. The zero-order valence-corrected chi connectivity index (χ0v) is 8.28. The fraction of sp³-hybridized carbons (Fsp3) is 0.667. The molecule has 4 amide bonds. The Kier molecular flexibility index (Phi) is 5.34. The second-order valence-corrected chi connectivity index (χ2v) is 2.80. The molecule has 0 fully saturated rings. The van der Waals surface area contributed by atoms with Crippen molar-refractivity contribution in [1.29, 1.82) is 0 Å². The minimum Gasteiger partial charge on any atom is -0.351 e. The Labute approximate surface area is 82.1 Å². The van der Waals surface area contributed by atoms with Crippen LogP contribution in [-0.2, 0) is 0 Å². The second-order valence-electron chi connectivity index (χ2n) is 2.80. The van der Waals surface area contributed by atoms with Gasteiger partial charge in [0.15, 0.2) is 0 Å². The summed E-state index contributed by atoms with van der Waals surface area (Å²) in [5.74, 6) is 0. The summed E-state index contributed by atoms with van der Waals surface area (Å²) < 4.78 is 0. The molecule has 0 aliphatic heterocycles. The fourth-order valence-electron chi connectivity index (χ4n) is 0.788. The Hall–Kier alpha value is -1.54. The number of hydrogen-bond acceptors (Lipinski definition) is 4. The van der Waals surface area contributed by atoms with Gasteiger partial charge in [-0.15, -0.1) is 0 Å². The molecule has 8 nitrogen and oxygen atoms in total. The highest BCUT2D eigenvalue weighted by Crippen LogP contribution is 1.79. The molecule has 0 rings (SSSR count). The van der Waals surface area contributed by atoms with E-state index in [0.717, 1.165) is 0 Å². The Bertz CT molecular complexity index is 186. The van der Waals surface area contributed by atoms with Crippen LogP contribution in [0.15, 0.2) is 0 Å². The van der Waals surface area contributed by atoms with Crippen molar-refractivity contribution in [3.63, 3.8) is 0 Å². The predicted molar refractivity (Wildman–Crippen MR) is 50.7 cm³/mol. The van der Waals surface area contributed by atoms with Gasteiger partial charge < -0.3 is 11.5 Å². The summed E-state index contributed by atoms with van der Waals surface area (Å²) in [5.41, 5.74) is 14.5. The van der Waals surface area contributed by atoms with Crippen LogP contribution in [0.25, 0.3) is 0 Å². The molecule has 0 bridgehead atoms. The van der Waals surface area contributed by atoms with E-state index in [9.17, 15) is 9.59 Å². The lowest BCUT2D eigenvalue weighted by Gasteiger charge is -2.21. The molecule has 0 saturated carbocycles. The van der Waals surface area contributed by atoms with E-state index < -0.39 is 12.1 Å². The Balaban J connectivity index is 3.60. The maximum absolute atomic E-state index is 10.4. The topological polar surface area (TPSA) is 117 Å². The molecule has 0 aromatic rings. The molecule has 82 valence electrons. The number of hydrogen-bond donors (Lipinski definition) is 4. The highest BCUT2D eigenvalue weighted by atomic mass is 16.2. The van der Waals surface area contributed by atoms with Crippen LogP contribution >= 0.6 is 0 Å². The largest absolute Gasteiger partial charge is 0.351 e. The smallest absolute Gasteiger partial charge is 0.326 e. The summed E-state index contributed by atoms with van der Waals surface area (Å²) >= 11 is 0. The average molecular weight is 204 g/mol. The van der Waals surface area contributed by atoms with Crippen molar-refractivity contribution in [3.8, 4) is 0 Å². The third kappa shape index (κ3) is 7.13. The molecule has 6 N–H and O–H groups in total. The number of urea groups is 2. The standard InChI is InChI=1S/C6H16N6O2/c1-11(9-5(7)13)3-4-12(2)10-6(8)14/h3-4H2,1-2H3,(H3,7,9,13)(H3,8,10,14). The van der Waals surface area contributed by atoms with Crippen LogP contribution in [0.4, 0.5) is 9.59 Å². The highest BCUT2D eigenvalue weighted by molar-refractivity contribution is 5.71. The molecule has 0 aromatic carbocycles. The number of carbonyl (C=O) groups is 2. The molecule has 0 aliphatic carbocycles. The molecule has 0 saturated heterocycles. The van der Waals surface area contributed by atoms with Crippen molar-refractivity contribution < 1.29 is 9.59 Å². The Morgan fingerprint density at radius 3 is 1.50 bits per heavy atom. The first-order valence-corrected chi connectivity index (χ1v) is 3.96. The second kappa shape index (κ2) is 6.00. The van der Waals surface area contributed by atoms with Crippen LogP contribution in [0, 0.1) is 0 Å². The lowest BCUT2D eigenvalue weighted by atomic mass is 10.6. The van der Waals surface area contributed by atoms with Gasteiger partial charge >= 0.3 is 12.1 Å². The van der Waals surface area contributed by atoms with Crippen molar-refractivity contribution in [2.24, 2.45) is 11.5 Å². The van der Waals surface area contributed by atoms with E-state index in [0.29, 0.717) is 13.1 Å². The zero-order chi connectivity index (χ0) is 11.1. The lowest BCUT2D eigenvalue weighted by Crippen LogP contribution is -2.49. The van der Waals surface area contributed by atoms with E-state index in [-0.39, 0.29) is 0 Å². The molecular formula is C6H16N6O2. The van der Waals surface area contributed by atoms with E-state index >= 15 is 0 Å². The average Bonchev–Trinajstić information content (AvgIpc) is 1.98. The van der Waals surface area contributed by atoms with Gasteiger partial charge in [-0.05, 0) is 0 Å². The number of hydrazine groups is 2. The molecule has 0 heterocycles. The lowest BCUT2D eigenvalue weighted by molar-refractivity contribution is 0.168. The molecule has 0 aromatic heterocycles. The van der Waals surface area contributed by atoms with E-state index in [4.69, 9.17) is 11.5 Å². The molecule has 0 spiro atoms. The van der Waals surface area contributed by atoms with Crippen LogP contribution in [0.1, 0.15) is 0 Å². The third-order valence-corrected chi connectivity index (χ3v) is 1.37. The van der Waals surface area contributed by atoms with E-state index in [2.05, 4.69) is 10.9 Å². The maximum Gasteiger partial charge on any atom is 0.326 e. The SMILES string of the molecule is CN(CCN(C)NC(N)=O)NC(N)=O. The first-order valence-electron chi connectivity index (χ1n) is 3.96. The van der Waals surface area contributed by atoms with Crippen molar-refractivity contribution in [3.05, 3.63) is 0 Å². The van der Waals surface area contributed by atoms with Crippen LogP contribution in [0.2, 0.25) is 0 Å². The third-order valence-electron chi connectivity index (χ3n) is 1.37. The van der Waals surface area contributed by atoms with Crippen molar-refractivity contribution in [1.82, 2.24) is 20.9 Å². The maximum atomic E-state index is 10.4. The molecule has 0 aliphatic rings. The van der Waals surface area contributed by atoms with Gasteiger partial charge in [-0.2, -0.15) is 0 Å². The van der Waals surface area contributed by atoms with Crippen molar-refractivity contribution in [2.75, 3.05) is 27.2 Å². The molecule has 0 unspecified atom stereocenters. The molecular weight excluding hydrogens is 188 g/mol. The first kappa shape index (κ1) is 12.5. The summed E-state index contributed by atoms with van der Waals surface area (Å²) in [6, 6.07) is -1.25. The van der Waals surface area contributed by atoms with Gasteiger partial charge in [0.1, 0.15) is 0 Å². The van der Waals surface area contributed by atoms with Crippen molar-refractivity contribution in [2.45, 2.75) is 0 Å². The van der Waals surface area contributed by atoms with E-state index in [1.54, 1.807) is 14.1 Å². The van der Waals surface area contributed by atoms with Crippen LogP contribution in [0.3, 0.4) is 0 Å². The fourth-order valence-corrected chi connectivity index (χ4v) is 0.788. The van der Waals surface area contributed by atoms with E-state index in [1.165, 1.54) is 10.0 Å². The van der Waals surface area contributed by atoms with Crippen LogP contribution in [-0.4, -0.2) is 49.3 Å². The number of carbonyl (C=O) groups excluding carboxylic acids is 2. The molecule has 0 atom stereocenters. The minimum atomic E-state index is -0.627. The van der Waals surface area contributed by atoms with Gasteiger partial charge in [-0.1, -0.05) is 0 Å². The number of primary amides is 2. The van der Waals surface area contributed by atoms with Crippen LogP contribution < -0.4 is 22.3 Å². The van der Waals surface area contributed by atoms with Gasteiger partial charge in [-0.25, -0.2) is 19.6 Å². The van der Waals surface area contributed by atoms with Gasteiger partial charge in [0.2, 0.25) is 0 Å². The summed E-state index contributed by atoms with van der Waals surface area (Å²) in [5, 5.41) is 3.00. The summed E-state index contributed by atoms with van der Waals surface area (Å²) in [6.07, 6.45) is 0. The molecule has 0 radical (unpaired) electrons. The van der Waals surface area contributed by atoms with Gasteiger partial charge in [0, 0.05) is 27.2 Å². The van der Waals surface area contributed by atoms with Crippen LogP contribution in [0.5, 0.6) is 0 Å². The first-order chi connectivity index (χ1) is 6.41. The number of nitrogens with zero attached hydrogens (tertiary/aromatic N) is 2. The predicted octanol–water partition coefficient (Wildman–Crippen LogP) is -1.98. The number of amides is 4. The van der Waals surface area contributed by atoms with E-state index in [1.807, 2.05) is 0 Å². The zero-order valence-electron chi connectivity index (χ0n) is 8.28. The number of rotatable bonds is 5. The van der Waals surface area contributed by atoms with Gasteiger partial charge in [0.25, 0.3) is 0 Å². The number of likely N-dealkylation sites (N-methyl/N-ethyl adjacent to an activating group) is 2. The highest BCUT2D eigenvalue weighted by Gasteiger charge is 2.03. The normalized spacial score (nSPS) is 10.3. The molecule has 14 heavy (non-hydrogen) atoms. The van der Waals surface area contributed by atoms with Gasteiger partial charge in [0.05, 0.1) is 0 Å². The Morgan fingerprint density at radius 2 is 1.29 bits per heavy atom. The van der Waals surface area contributed by atoms with Crippen molar-refractivity contribution >= 4 is 12.1 Å². The monoisotopic (exact) mass is 204 g/mol. The summed E-state index contributed by atoms with van der Waals surface area (Å²) in [4.78, 5) is 20.8. The number of nitrogens with two attached hydrogens (primary N) is 2. The van der Waals surface area contributed by atoms with Gasteiger partial charge in [-0.3, -0.25) is 10.9 Å². The Morgan fingerprint density at radius 1 is 1.00 bits per heavy atom. The summed E-state index contributed by atoms with van der Waals surface area (Å²) in [6.45, 7) is 0.999. The quantitative estimate of drug-likeness (QED) is 0.388. The summed E-state index contributed by atoms with van der Waals surface area (Å²) in [7, 11) is 3.31. The minimum absolute atomic E-state index is 0.500. The number of nitrogens with one attached hydrogen (secondary N) is 2.